The molecule has 16 heavy (non-hydrogen) atoms. The summed E-state index contributed by atoms with van der Waals surface area (Å²) in [5.74, 6) is 0.339. The van der Waals surface area contributed by atoms with Crippen molar-refractivity contribution in [1.29, 1.82) is 0 Å². The van der Waals surface area contributed by atoms with E-state index in [0.29, 0.717) is 18.2 Å². The summed E-state index contributed by atoms with van der Waals surface area (Å²) >= 11 is 0. The van der Waals surface area contributed by atoms with Crippen molar-refractivity contribution in [3.05, 3.63) is 11.9 Å². The van der Waals surface area contributed by atoms with Crippen LogP contribution in [0.4, 0.5) is 0 Å². The summed E-state index contributed by atoms with van der Waals surface area (Å²) in [5.41, 5.74) is 0.365. The van der Waals surface area contributed by atoms with Crippen molar-refractivity contribution in [2.45, 2.75) is 19.3 Å². The zero-order valence-electron chi connectivity index (χ0n) is 9.09. The summed E-state index contributed by atoms with van der Waals surface area (Å²) in [5, 5.41) is 18.8. The Bertz CT molecular complexity index is 337. The average molecular weight is 224 g/mol. The molecule has 0 bridgehead atoms. The fourth-order valence-corrected chi connectivity index (χ4v) is 2.13. The first-order valence-electron chi connectivity index (χ1n) is 5.57. The lowest BCUT2D eigenvalue weighted by atomic mass is 9.95. The quantitative estimate of drug-likeness (QED) is 0.759. The van der Waals surface area contributed by atoms with Crippen LogP contribution in [0.5, 0.6) is 0 Å². The molecule has 1 aliphatic heterocycles. The van der Waals surface area contributed by atoms with Crippen LogP contribution in [-0.4, -0.2) is 51.0 Å². The molecule has 1 unspecified atom stereocenters. The Balaban J connectivity index is 1.96. The topological polar surface area (TPSA) is 82.1 Å². The largest absolute Gasteiger partial charge is 0.396 e. The van der Waals surface area contributed by atoms with E-state index in [4.69, 9.17) is 5.11 Å². The number of H-pyrrole nitrogens is 1. The molecule has 0 radical (unpaired) electrons. The predicted molar refractivity (Wildman–Crippen MR) is 56.7 cm³/mol. The van der Waals surface area contributed by atoms with Gasteiger partial charge in [0.2, 0.25) is 0 Å². The molecule has 1 aromatic heterocycles. The van der Waals surface area contributed by atoms with Crippen LogP contribution in [0.25, 0.3) is 0 Å². The van der Waals surface area contributed by atoms with E-state index in [1.54, 1.807) is 4.90 Å². The van der Waals surface area contributed by atoms with Gasteiger partial charge in [-0.25, -0.2) is 0 Å². The van der Waals surface area contributed by atoms with Crippen molar-refractivity contribution < 1.29 is 9.90 Å². The van der Waals surface area contributed by atoms with Crippen molar-refractivity contribution in [3.63, 3.8) is 0 Å². The van der Waals surface area contributed by atoms with Crippen LogP contribution in [0, 0.1) is 5.92 Å². The van der Waals surface area contributed by atoms with Gasteiger partial charge in [-0.3, -0.25) is 4.79 Å². The second kappa shape index (κ2) is 5.07. The summed E-state index contributed by atoms with van der Waals surface area (Å²) in [6.45, 7) is 1.68. The maximum Gasteiger partial charge on any atom is 0.276 e. The monoisotopic (exact) mass is 224 g/mol. The van der Waals surface area contributed by atoms with E-state index in [-0.39, 0.29) is 12.5 Å². The van der Waals surface area contributed by atoms with Crippen molar-refractivity contribution in [2.75, 3.05) is 19.7 Å². The molecule has 2 heterocycles. The molecule has 1 saturated heterocycles. The SMILES string of the molecule is O=C(c1cn[nH]n1)N1CCCC(CCO)C1. The summed E-state index contributed by atoms with van der Waals surface area (Å²) in [4.78, 5) is 13.7. The van der Waals surface area contributed by atoms with Gasteiger partial charge in [0.15, 0.2) is 5.69 Å². The van der Waals surface area contributed by atoms with Crippen LogP contribution in [0.1, 0.15) is 29.8 Å². The van der Waals surface area contributed by atoms with E-state index in [9.17, 15) is 4.79 Å². The highest BCUT2D eigenvalue weighted by atomic mass is 16.3. The average Bonchev–Trinajstić information content (AvgIpc) is 2.82. The lowest BCUT2D eigenvalue weighted by molar-refractivity contribution is 0.0647. The number of carbonyl (C=O) groups excluding carboxylic acids is 1. The summed E-state index contributed by atoms with van der Waals surface area (Å²) in [6.07, 6.45) is 4.29. The zero-order chi connectivity index (χ0) is 11.4. The molecule has 1 amide bonds. The van der Waals surface area contributed by atoms with E-state index in [1.807, 2.05) is 0 Å². The smallest absolute Gasteiger partial charge is 0.276 e. The van der Waals surface area contributed by atoms with Gasteiger partial charge in [0, 0.05) is 19.7 Å². The molecule has 1 aliphatic rings. The first-order chi connectivity index (χ1) is 7.81. The number of nitrogens with zero attached hydrogens (tertiary/aromatic N) is 3. The van der Waals surface area contributed by atoms with Crippen molar-refractivity contribution in [2.24, 2.45) is 5.92 Å². The third-order valence-corrected chi connectivity index (χ3v) is 2.98. The number of aliphatic hydroxyl groups is 1. The lowest BCUT2D eigenvalue weighted by Gasteiger charge is -2.31. The number of aromatic nitrogens is 3. The molecular formula is C10H16N4O2. The molecular weight excluding hydrogens is 208 g/mol. The van der Waals surface area contributed by atoms with Gasteiger partial charge in [-0.05, 0) is 25.2 Å². The highest BCUT2D eigenvalue weighted by molar-refractivity contribution is 5.91. The lowest BCUT2D eigenvalue weighted by Crippen LogP contribution is -2.40. The number of aliphatic hydroxyl groups excluding tert-OH is 1. The molecule has 1 fully saturated rings. The number of nitrogens with one attached hydrogen (secondary N) is 1. The number of aromatic amines is 1. The van der Waals surface area contributed by atoms with Gasteiger partial charge in [0.1, 0.15) is 0 Å². The van der Waals surface area contributed by atoms with Gasteiger partial charge >= 0.3 is 0 Å². The third kappa shape index (κ3) is 2.38. The Morgan fingerprint density at radius 3 is 3.25 bits per heavy atom. The number of hydrogen-bond donors (Lipinski definition) is 2. The van der Waals surface area contributed by atoms with Crippen LogP contribution in [0.15, 0.2) is 6.20 Å². The van der Waals surface area contributed by atoms with Gasteiger partial charge in [-0.15, -0.1) is 0 Å². The predicted octanol–water partition coefficient (Wildman–Crippen LogP) is 0.0393. The fourth-order valence-electron chi connectivity index (χ4n) is 2.13. The van der Waals surface area contributed by atoms with Gasteiger partial charge in [0.25, 0.3) is 5.91 Å². The van der Waals surface area contributed by atoms with E-state index in [0.717, 1.165) is 25.8 Å². The summed E-state index contributed by atoms with van der Waals surface area (Å²) < 4.78 is 0. The molecule has 0 aliphatic carbocycles. The maximum absolute atomic E-state index is 12.0. The van der Waals surface area contributed by atoms with Gasteiger partial charge in [-0.2, -0.15) is 15.4 Å². The number of carbonyl (C=O) groups is 1. The second-order valence-electron chi connectivity index (χ2n) is 4.13. The number of amides is 1. The molecule has 0 spiro atoms. The van der Waals surface area contributed by atoms with Gasteiger partial charge < -0.3 is 10.0 Å². The summed E-state index contributed by atoms with van der Waals surface area (Å²) in [6, 6.07) is 0. The van der Waals surface area contributed by atoms with E-state index >= 15 is 0 Å². The van der Waals surface area contributed by atoms with E-state index < -0.39 is 0 Å². The minimum Gasteiger partial charge on any atom is -0.396 e. The van der Waals surface area contributed by atoms with Gasteiger partial charge in [0.05, 0.1) is 6.20 Å². The Morgan fingerprint density at radius 2 is 2.56 bits per heavy atom. The van der Waals surface area contributed by atoms with Crippen molar-refractivity contribution >= 4 is 5.91 Å². The second-order valence-corrected chi connectivity index (χ2v) is 4.13. The normalized spacial score (nSPS) is 21.1. The Kier molecular flexibility index (Phi) is 3.51. The highest BCUT2D eigenvalue weighted by Crippen LogP contribution is 2.20. The molecule has 2 rings (SSSR count). The minimum absolute atomic E-state index is 0.0728. The Hall–Kier alpha value is -1.43. The van der Waals surface area contributed by atoms with Crippen LogP contribution in [-0.2, 0) is 0 Å². The minimum atomic E-state index is -0.0728. The molecule has 88 valence electrons. The fraction of sp³-hybridized carbons (Fsp3) is 0.700. The van der Waals surface area contributed by atoms with Crippen LogP contribution in [0.3, 0.4) is 0 Å². The number of hydrogen-bond acceptors (Lipinski definition) is 4. The first kappa shape index (κ1) is 11.1. The maximum atomic E-state index is 12.0. The Morgan fingerprint density at radius 1 is 1.69 bits per heavy atom. The third-order valence-electron chi connectivity index (χ3n) is 2.98. The van der Waals surface area contributed by atoms with Crippen LogP contribution >= 0.6 is 0 Å². The highest BCUT2D eigenvalue weighted by Gasteiger charge is 2.25. The molecule has 0 saturated carbocycles. The van der Waals surface area contributed by atoms with E-state index in [2.05, 4.69) is 15.4 Å². The molecule has 6 nitrogen and oxygen atoms in total. The van der Waals surface area contributed by atoms with Crippen molar-refractivity contribution in [1.82, 2.24) is 20.3 Å². The van der Waals surface area contributed by atoms with Crippen molar-refractivity contribution in [3.8, 4) is 0 Å². The standard InChI is InChI=1S/C10H16N4O2/c15-5-3-8-2-1-4-14(7-8)10(16)9-6-11-13-12-9/h6,8,15H,1-5,7H2,(H,11,12,13). The molecule has 6 heteroatoms. The zero-order valence-corrected chi connectivity index (χ0v) is 9.09. The van der Waals surface area contributed by atoms with Crippen LogP contribution < -0.4 is 0 Å². The van der Waals surface area contributed by atoms with Gasteiger partial charge in [-0.1, -0.05) is 0 Å². The van der Waals surface area contributed by atoms with Crippen LogP contribution in [0.2, 0.25) is 0 Å². The molecule has 1 atom stereocenters. The number of rotatable bonds is 3. The Labute approximate surface area is 93.6 Å². The molecule has 1 aromatic rings. The molecule has 0 aromatic carbocycles. The number of piperidine rings is 1. The number of likely N-dealkylation sites (tertiary alicyclic amines) is 1. The summed E-state index contributed by atoms with van der Waals surface area (Å²) in [7, 11) is 0. The first-order valence-corrected chi connectivity index (χ1v) is 5.57. The van der Waals surface area contributed by atoms with E-state index in [1.165, 1.54) is 6.20 Å². The molecule has 2 N–H and O–H groups in total.